The molecule has 1 aliphatic heterocycles. The molecule has 1 fully saturated rings. The molecule has 1 aromatic heterocycles. The Hall–Kier alpha value is -1.40. The molecule has 0 unspecified atom stereocenters. The summed E-state index contributed by atoms with van der Waals surface area (Å²) in [7, 11) is 2.03. The van der Waals surface area contributed by atoms with Crippen molar-refractivity contribution in [1.29, 1.82) is 0 Å². The van der Waals surface area contributed by atoms with E-state index in [1.54, 1.807) is 0 Å². The highest BCUT2D eigenvalue weighted by Crippen LogP contribution is 2.20. The fraction of sp³-hybridized carbons (Fsp3) is 0.500. The maximum Gasteiger partial charge on any atom is 0.291 e. The van der Waals surface area contributed by atoms with Gasteiger partial charge < -0.3 is 4.74 Å². The number of likely N-dealkylation sites (tertiary alicyclic amines) is 1. The highest BCUT2D eigenvalue weighted by atomic mass is 35.5. The van der Waals surface area contributed by atoms with Crippen LogP contribution in [0.2, 0.25) is 0 Å². The monoisotopic (exact) mass is 259 g/mol. The zero-order valence-corrected chi connectivity index (χ0v) is 10.2. The van der Waals surface area contributed by atoms with Crippen molar-refractivity contribution in [3.63, 3.8) is 0 Å². The lowest BCUT2D eigenvalue weighted by Crippen LogP contribution is -2.48. The van der Waals surface area contributed by atoms with E-state index in [-0.39, 0.29) is 18.1 Å². The lowest BCUT2D eigenvalue weighted by Gasteiger charge is -2.37. The van der Waals surface area contributed by atoms with E-state index in [9.17, 15) is 10.1 Å². The molecule has 0 bridgehead atoms. The van der Waals surface area contributed by atoms with E-state index in [4.69, 9.17) is 4.74 Å². The van der Waals surface area contributed by atoms with Crippen LogP contribution in [0.5, 0.6) is 5.75 Å². The Bertz CT molecular complexity index is 402. The molecule has 0 aromatic carbocycles. The number of ether oxygens (including phenoxy) is 1. The van der Waals surface area contributed by atoms with Gasteiger partial charge in [-0.1, -0.05) is 0 Å². The van der Waals surface area contributed by atoms with Crippen molar-refractivity contribution in [3.05, 3.63) is 28.6 Å². The Labute approximate surface area is 105 Å². The highest BCUT2D eigenvalue weighted by molar-refractivity contribution is 5.85. The molecule has 94 valence electrons. The fourth-order valence-electron chi connectivity index (χ4n) is 1.56. The summed E-state index contributed by atoms with van der Waals surface area (Å²) in [6, 6.07) is 1.81. The van der Waals surface area contributed by atoms with Crippen LogP contribution in [0.3, 0.4) is 0 Å². The Morgan fingerprint density at radius 2 is 2.41 bits per heavy atom. The lowest BCUT2D eigenvalue weighted by molar-refractivity contribution is -0.385. The average molecular weight is 260 g/mol. The molecule has 0 saturated carbocycles. The van der Waals surface area contributed by atoms with Gasteiger partial charge in [0.15, 0.2) is 0 Å². The first-order valence-corrected chi connectivity index (χ1v) is 5.09. The standard InChI is InChI=1S/C10H13N3O3.ClH/c1-12-3-2-8(12)7-16-10-4-9(13(14)15)5-11-6-10;/h4-6,8H,2-3,7H2,1H3;1H/t8-;/m0./s1. The van der Waals surface area contributed by atoms with Crippen molar-refractivity contribution in [2.24, 2.45) is 0 Å². The minimum atomic E-state index is -0.477. The first kappa shape index (κ1) is 13.7. The van der Waals surface area contributed by atoms with Crippen LogP contribution in [0.25, 0.3) is 0 Å². The smallest absolute Gasteiger partial charge is 0.291 e. The second-order valence-electron chi connectivity index (χ2n) is 3.87. The van der Waals surface area contributed by atoms with Gasteiger partial charge in [-0.05, 0) is 20.0 Å². The van der Waals surface area contributed by atoms with Gasteiger partial charge in [0.2, 0.25) is 0 Å². The minimum absolute atomic E-state index is 0. The number of nitrogens with zero attached hydrogens (tertiary/aromatic N) is 3. The summed E-state index contributed by atoms with van der Waals surface area (Å²) < 4.78 is 5.46. The molecule has 0 spiro atoms. The summed E-state index contributed by atoms with van der Waals surface area (Å²) in [5, 5.41) is 10.5. The van der Waals surface area contributed by atoms with E-state index in [0.29, 0.717) is 18.4 Å². The zero-order chi connectivity index (χ0) is 11.5. The van der Waals surface area contributed by atoms with Crippen molar-refractivity contribution in [2.75, 3.05) is 20.2 Å². The first-order valence-electron chi connectivity index (χ1n) is 5.09. The van der Waals surface area contributed by atoms with Crippen LogP contribution in [0, 0.1) is 10.1 Å². The van der Waals surface area contributed by atoms with E-state index < -0.39 is 4.92 Å². The molecule has 1 aliphatic rings. The zero-order valence-electron chi connectivity index (χ0n) is 9.41. The van der Waals surface area contributed by atoms with E-state index in [1.165, 1.54) is 18.5 Å². The lowest BCUT2D eigenvalue weighted by atomic mass is 10.1. The summed E-state index contributed by atoms with van der Waals surface area (Å²) in [6.45, 7) is 1.64. The SMILES string of the molecule is CN1CC[C@H]1COc1cncc([N+](=O)[O-])c1.Cl. The molecule has 1 aromatic rings. The molecule has 1 atom stereocenters. The van der Waals surface area contributed by atoms with Crippen LogP contribution in [0.4, 0.5) is 5.69 Å². The van der Waals surface area contributed by atoms with Crippen LogP contribution in [0.15, 0.2) is 18.5 Å². The Balaban J connectivity index is 0.00000144. The molecule has 2 heterocycles. The Kier molecular flexibility index (Phi) is 4.65. The third-order valence-corrected chi connectivity index (χ3v) is 2.79. The topological polar surface area (TPSA) is 68.5 Å². The van der Waals surface area contributed by atoms with Crippen molar-refractivity contribution in [2.45, 2.75) is 12.5 Å². The summed E-state index contributed by atoms with van der Waals surface area (Å²) in [4.78, 5) is 16.0. The van der Waals surface area contributed by atoms with Crippen LogP contribution < -0.4 is 4.74 Å². The summed E-state index contributed by atoms with van der Waals surface area (Å²) in [5.74, 6) is 0.453. The quantitative estimate of drug-likeness (QED) is 0.605. The molecular weight excluding hydrogens is 246 g/mol. The molecular formula is C10H14ClN3O3. The molecule has 7 heteroatoms. The van der Waals surface area contributed by atoms with Gasteiger partial charge in [-0.2, -0.15) is 0 Å². The minimum Gasteiger partial charge on any atom is -0.490 e. The number of aromatic nitrogens is 1. The van der Waals surface area contributed by atoms with Crippen LogP contribution in [-0.2, 0) is 0 Å². The van der Waals surface area contributed by atoms with Crippen molar-refractivity contribution in [3.8, 4) is 5.75 Å². The van der Waals surface area contributed by atoms with Gasteiger partial charge in [0.05, 0.1) is 17.2 Å². The average Bonchev–Trinajstić information content (AvgIpc) is 2.27. The molecule has 2 rings (SSSR count). The van der Waals surface area contributed by atoms with Crippen molar-refractivity contribution < 1.29 is 9.66 Å². The van der Waals surface area contributed by atoms with Gasteiger partial charge in [-0.15, -0.1) is 12.4 Å². The van der Waals surface area contributed by atoms with Gasteiger partial charge in [-0.3, -0.25) is 20.0 Å². The Morgan fingerprint density at radius 3 is 2.94 bits per heavy atom. The maximum atomic E-state index is 10.5. The molecule has 17 heavy (non-hydrogen) atoms. The van der Waals surface area contributed by atoms with Gasteiger partial charge in [0, 0.05) is 6.04 Å². The second-order valence-corrected chi connectivity index (χ2v) is 3.87. The number of pyridine rings is 1. The fourth-order valence-corrected chi connectivity index (χ4v) is 1.56. The van der Waals surface area contributed by atoms with Crippen LogP contribution >= 0.6 is 12.4 Å². The number of nitro groups is 1. The molecule has 0 radical (unpaired) electrons. The molecule has 0 aliphatic carbocycles. The van der Waals surface area contributed by atoms with Gasteiger partial charge in [0.25, 0.3) is 5.69 Å². The first-order chi connectivity index (χ1) is 7.66. The normalized spacial score (nSPS) is 19.0. The number of rotatable bonds is 4. The summed E-state index contributed by atoms with van der Waals surface area (Å²) >= 11 is 0. The van der Waals surface area contributed by atoms with E-state index in [0.717, 1.165) is 13.0 Å². The van der Waals surface area contributed by atoms with Crippen LogP contribution in [0.1, 0.15) is 6.42 Å². The second kappa shape index (κ2) is 5.79. The largest absolute Gasteiger partial charge is 0.490 e. The van der Waals surface area contributed by atoms with Crippen LogP contribution in [-0.4, -0.2) is 41.0 Å². The van der Waals surface area contributed by atoms with E-state index in [2.05, 4.69) is 9.88 Å². The third kappa shape index (κ3) is 3.28. The molecule has 6 nitrogen and oxygen atoms in total. The van der Waals surface area contributed by atoms with E-state index >= 15 is 0 Å². The number of hydrogen-bond donors (Lipinski definition) is 0. The van der Waals surface area contributed by atoms with Gasteiger partial charge in [0.1, 0.15) is 18.6 Å². The molecule has 1 saturated heterocycles. The number of hydrogen-bond acceptors (Lipinski definition) is 5. The van der Waals surface area contributed by atoms with Crippen molar-refractivity contribution >= 4 is 18.1 Å². The highest BCUT2D eigenvalue weighted by Gasteiger charge is 2.24. The summed E-state index contributed by atoms with van der Waals surface area (Å²) in [6.07, 6.45) is 3.81. The predicted molar refractivity (Wildman–Crippen MR) is 64.7 cm³/mol. The maximum absolute atomic E-state index is 10.5. The Morgan fingerprint density at radius 1 is 1.65 bits per heavy atom. The predicted octanol–water partition coefficient (Wildman–Crippen LogP) is 1.49. The number of halogens is 1. The molecule has 0 amide bonds. The summed E-state index contributed by atoms with van der Waals surface area (Å²) in [5.41, 5.74) is -0.0422. The number of likely N-dealkylation sites (N-methyl/N-ethyl adjacent to an activating group) is 1. The van der Waals surface area contributed by atoms with Gasteiger partial charge in [-0.25, -0.2) is 0 Å². The van der Waals surface area contributed by atoms with E-state index in [1.807, 2.05) is 7.05 Å². The van der Waals surface area contributed by atoms with Gasteiger partial charge >= 0.3 is 0 Å². The molecule has 0 N–H and O–H groups in total. The van der Waals surface area contributed by atoms with Crippen molar-refractivity contribution in [1.82, 2.24) is 9.88 Å². The third-order valence-electron chi connectivity index (χ3n) is 2.79.